The third-order valence-electron chi connectivity index (χ3n) is 4.63. The highest BCUT2D eigenvalue weighted by Crippen LogP contribution is 2.36. The zero-order valence-electron chi connectivity index (χ0n) is 14.4. The van der Waals surface area contributed by atoms with Gasteiger partial charge in [0.05, 0.1) is 12.2 Å². The number of hydrogen-bond donors (Lipinski definition) is 1. The minimum Gasteiger partial charge on any atom is -0.492 e. The highest BCUT2D eigenvalue weighted by Gasteiger charge is 2.24. The quantitative estimate of drug-likeness (QED) is 0.775. The number of benzene rings is 2. The van der Waals surface area contributed by atoms with Crippen LogP contribution in [0.2, 0.25) is 0 Å². The van der Waals surface area contributed by atoms with E-state index in [1.165, 1.54) is 5.56 Å². The van der Waals surface area contributed by atoms with E-state index in [1.807, 2.05) is 25.1 Å². The fourth-order valence-corrected chi connectivity index (χ4v) is 3.38. The first kappa shape index (κ1) is 16.3. The summed E-state index contributed by atoms with van der Waals surface area (Å²) in [6.45, 7) is 2.38. The summed E-state index contributed by atoms with van der Waals surface area (Å²) in [4.78, 5) is 4.54. The number of ether oxygens (including phenoxy) is 1. The van der Waals surface area contributed by atoms with E-state index in [1.54, 1.807) is 12.1 Å². The van der Waals surface area contributed by atoms with Crippen molar-refractivity contribution in [3.8, 4) is 34.7 Å². The van der Waals surface area contributed by atoms with Crippen LogP contribution >= 0.6 is 0 Å². The molecule has 0 saturated heterocycles. The Bertz CT molecular complexity index is 1000. The van der Waals surface area contributed by atoms with E-state index in [2.05, 4.69) is 22.3 Å². The molecule has 0 spiro atoms. The molecule has 0 fully saturated rings. The molecular formula is C20H18N4O2. The van der Waals surface area contributed by atoms with Gasteiger partial charge >= 0.3 is 0 Å². The molecule has 1 aliphatic rings. The molecule has 6 heteroatoms. The SMILES string of the molecule is CCOc1ccc(-c2nc(-c3cccc4c3CCC4N)no2)cc1C#N. The van der Waals surface area contributed by atoms with Crippen molar-refractivity contribution in [2.75, 3.05) is 6.61 Å². The Balaban J connectivity index is 1.71. The Morgan fingerprint density at radius 3 is 3.04 bits per heavy atom. The van der Waals surface area contributed by atoms with Crippen LogP contribution in [0.3, 0.4) is 0 Å². The van der Waals surface area contributed by atoms with Crippen molar-refractivity contribution in [1.82, 2.24) is 10.1 Å². The lowest BCUT2D eigenvalue weighted by molar-refractivity contribution is 0.339. The molecule has 3 aromatic rings. The van der Waals surface area contributed by atoms with Gasteiger partial charge in [0.25, 0.3) is 5.89 Å². The molecule has 0 amide bonds. The first-order valence-corrected chi connectivity index (χ1v) is 8.60. The van der Waals surface area contributed by atoms with E-state index in [9.17, 15) is 5.26 Å². The van der Waals surface area contributed by atoms with Crippen LogP contribution in [0.5, 0.6) is 5.75 Å². The van der Waals surface area contributed by atoms with Gasteiger partial charge in [-0.1, -0.05) is 23.4 Å². The fourth-order valence-electron chi connectivity index (χ4n) is 3.38. The molecule has 4 rings (SSSR count). The summed E-state index contributed by atoms with van der Waals surface area (Å²) in [6.07, 6.45) is 1.85. The number of nitrogens with two attached hydrogens (primary N) is 1. The minimum absolute atomic E-state index is 0.0700. The molecule has 2 aromatic carbocycles. The molecule has 0 bridgehead atoms. The van der Waals surface area contributed by atoms with Gasteiger partial charge in [-0.25, -0.2) is 0 Å². The highest BCUT2D eigenvalue weighted by atomic mass is 16.5. The van der Waals surface area contributed by atoms with Crippen LogP contribution in [0.15, 0.2) is 40.9 Å². The van der Waals surface area contributed by atoms with Gasteiger partial charge in [0.2, 0.25) is 5.82 Å². The molecule has 0 radical (unpaired) electrons. The van der Waals surface area contributed by atoms with Crippen LogP contribution in [-0.2, 0) is 6.42 Å². The second-order valence-electron chi connectivity index (χ2n) is 6.20. The van der Waals surface area contributed by atoms with E-state index >= 15 is 0 Å². The standard InChI is InChI=1S/C20H18N4O2/c1-2-25-18-9-6-12(10-13(18)11-21)20-23-19(24-26-20)16-5-3-4-15-14(16)7-8-17(15)22/h3-6,9-10,17H,2,7-8,22H2,1H3. The van der Waals surface area contributed by atoms with Crippen LogP contribution in [0.25, 0.3) is 22.8 Å². The van der Waals surface area contributed by atoms with E-state index in [-0.39, 0.29) is 6.04 Å². The highest BCUT2D eigenvalue weighted by molar-refractivity contribution is 5.67. The average molecular weight is 346 g/mol. The molecule has 1 aromatic heterocycles. The topological polar surface area (TPSA) is 98.0 Å². The van der Waals surface area contributed by atoms with Gasteiger partial charge in [0, 0.05) is 17.2 Å². The lowest BCUT2D eigenvalue weighted by Crippen LogP contribution is -2.04. The Morgan fingerprint density at radius 2 is 2.23 bits per heavy atom. The number of rotatable bonds is 4. The van der Waals surface area contributed by atoms with Crippen molar-refractivity contribution in [3.05, 3.63) is 53.1 Å². The third kappa shape index (κ3) is 2.72. The lowest BCUT2D eigenvalue weighted by atomic mass is 10.0. The van der Waals surface area contributed by atoms with Crippen LogP contribution in [0, 0.1) is 11.3 Å². The van der Waals surface area contributed by atoms with Crippen molar-refractivity contribution in [3.63, 3.8) is 0 Å². The van der Waals surface area contributed by atoms with Crippen molar-refractivity contribution < 1.29 is 9.26 Å². The molecule has 6 nitrogen and oxygen atoms in total. The minimum atomic E-state index is 0.0700. The molecule has 2 N–H and O–H groups in total. The lowest BCUT2D eigenvalue weighted by Gasteiger charge is -2.06. The Morgan fingerprint density at radius 1 is 1.35 bits per heavy atom. The predicted molar refractivity (Wildman–Crippen MR) is 96.3 cm³/mol. The molecule has 26 heavy (non-hydrogen) atoms. The molecule has 1 atom stereocenters. The zero-order chi connectivity index (χ0) is 18.1. The van der Waals surface area contributed by atoms with Crippen LogP contribution < -0.4 is 10.5 Å². The summed E-state index contributed by atoms with van der Waals surface area (Å²) < 4.78 is 10.9. The monoisotopic (exact) mass is 346 g/mol. The Labute approximate surface area is 151 Å². The first-order valence-electron chi connectivity index (χ1n) is 8.60. The van der Waals surface area contributed by atoms with Gasteiger partial charge in [-0.2, -0.15) is 10.2 Å². The summed E-state index contributed by atoms with van der Waals surface area (Å²) in [6, 6.07) is 13.5. The molecule has 1 aliphatic carbocycles. The van der Waals surface area contributed by atoms with Crippen LogP contribution in [-0.4, -0.2) is 16.7 Å². The van der Waals surface area contributed by atoms with E-state index in [0.29, 0.717) is 35.2 Å². The molecular weight excluding hydrogens is 328 g/mol. The maximum atomic E-state index is 9.32. The van der Waals surface area contributed by atoms with Crippen LogP contribution in [0.4, 0.5) is 0 Å². The summed E-state index contributed by atoms with van der Waals surface area (Å²) >= 11 is 0. The first-order chi connectivity index (χ1) is 12.7. The molecule has 130 valence electrons. The number of nitriles is 1. The summed E-state index contributed by atoms with van der Waals surface area (Å²) in [7, 11) is 0. The molecule has 0 aliphatic heterocycles. The summed E-state index contributed by atoms with van der Waals surface area (Å²) in [5.74, 6) is 1.46. The zero-order valence-corrected chi connectivity index (χ0v) is 14.4. The van der Waals surface area contributed by atoms with E-state index in [4.69, 9.17) is 15.0 Å². The number of hydrogen-bond acceptors (Lipinski definition) is 6. The summed E-state index contributed by atoms with van der Waals surface area (Å²) in [5.41, 5.74) is 10.6. The average Bonchev–Trinajstić information content (AvgIpc) is 3.30. The van der Waals surface area contributed by atoms with Gasteiger partial charge in [-0.15, -0.1) is 0 Å². The maximum absolute atomic E-state index is 9.32. The Hall–Kier alpha value is -3.17. The van der Waals surface area contributed by atoms with E-state index in [0.717, 1.165) is 24.0 Å². The van der Waals surface area contributed by atoms with E-state index < -0.39 is 0 Å². The van der Waals surface area contributed by atoms with Gasteiger partial charge < -0.3 is 15.0 Å². The largest absolute Gasteiger partial charge is 0.492 e. The molecule has 1 heterocycles. The normalized spacial score (nSPS) is 15.5. The van der Waals surface area contributed by atoms with Gasteiger partial charge in [-0.3, -0.25) is 0 Å². The van der Waals surface area contributed by atoms with Crippen molar-refractivity contribution in [1.29, 1.82) is 5.26 Å². The maximum Gasteiger partial charge on any atom is 0.258 e. The second kappa shape index (κ2) is 6.62. The third-order valence-corrected chi connectivity index (χ3v) is 4.63. The number of fused-ring (bicyclic) bond motifs is 1. The van der Waals surface area contributed by atoms with Gasteiger partial charge in [0.15, 0.2) is 0 Å². The van der Waals surface area contributed by atoms with Gasteiger partial charge in [-0.05, 0) is 49.1 Å². The fraction of sp³-hybridized carbons (Fsp3) is 0.250. The van der Waals surface area contributed by atoms with Crippen LogP contribution in [0.1, 0.15) is 36.1 Å². The number of aromatic nitrogens is 2. The van der Waals surface area contributed by atoms with Crippen molar-refractivity contribution >= 4 is 0 Å². The smallest absolute Gasteiger partial charge is 0.258 e. The number of nitrogens with zero attached hydrogens (tertiary/aromatic N) is 3. The molecule has 1 unspecified atom stereocenters. The predicted octanol–water partition coefficient (Wildman–Crippen LogP) is 3.62. The summed E-state index contributed by atoms with van der Waals surface area (Å²) in [5, 5.41) is 13.5. The second-order valence-corrected chi connectivity index (χ2v) is 6.20. The van der Waals surface area contributed by atoms with Crippen molar-refractivity contribution in [2.45, 2.75) is 25.8 Å². The van der Waals surface area contributed by atoms with Crippen molar-refractivity contribution in [2.24, 2.45) is 5.73 Å². The van der Waals surface area contributed by atoms with Gasteiger partial charge in [0.1, 0.15) is 11.8 Å². The molecule has 0 saturated carbocycles. The Kier molecular flexibility index (Phi) is 4.15.